The number of aromatic nitrogens is 3. The molecular formula is C21H27N7. The zero-order valence-electron chi connectivity index (χ0n) is 16.5. The number of benzene rings is 1. The zero-order chi connectivity index (χ0) is 19.3. The van der Waals surface area contributed by atoms with Gasteiger partial charge >= 0.3 is 0 Å². The Morgan fingerprint density at radius 1 is 1.14 bits per heavy atom. The van der Waals surface area contributed by atoms with Crippen LogP contribution in [0.15, 0.2) is 53.7 Å². The highest BCUT2D eigenvalue weighted by molar-refractivity contribution is 5.80. The van der Waals surface area contributed by atoms with E-state index in [2.05, 4.69) is 61.9 Å². The van der Waals surface area contributed by atoms with Gasteiger partial charge in [-0.25, -0.2) is 0 Å². The van der Waals surface area contributed by atoms with Gasteiger partial charge in [0.05, 0.1) is 12.6 Å². The molecule has 1 aliphatic rings. The number of pyridine rings is 1. The lowest BCUT2D eigenvalue weighted by Gasteiger charge is -2.22. The topological polar surface area (TPSA) is 69.8 Å². The first kappa shape index (κ1) is 18.3. The van der Waals surface area contributed by atoms with Crippen molar-refractivity contribution in [3.05, 3.63) is 60.0 Å². The molecule has 4 rings (SSSR count). The number of guanidine groups is 1. The molecule has 1 unspecified atom stereocenters. The number of nitrogens with zero attached hydrogens (tertiary/aromatic N) is 5. The summed E-state index contributed by atoms with van der Waals surface area (Å²) in [6.45, 7) is 5.01. The highest BCUT2D eigenvalue weighted by Gasteiger charge is 2.15. The summed E-state index contributed by atoms with van der Waals surface area (Å²) in [6, 6.07) is 14.8. The van der Waals surface area contributed by atoms with E-state index >= 15 is 0 Å². The van der Waals surface area contributed by atoms with Gasteiger partial charge in [0.2, 0.25) is 0 Å². The van der Waals surface area contributed by atoms with Gasteiger partial charge in [-0.1, -0.05) is 18.2 Å². The third kappa shape index (κ3) is 3.93. The maximum Gasteiger partial charge on any atom is 0.191 e. The normalized spacial score (nSPS) is 15.8. The monoisotopic (exact) mass is 377 g/mol. The summed E-state index contributed by atoms with van der Waals surface area (Å²) in [6.07, 6.45) is 4.53. The molecule has 1 aliphatic heterocycles. The number of aliphatic imine (C=N–C) groups is 1. The van der Waals surface area contributed by atoms with E-state index in [0.717, 1.165) is 30.5 Å². The van der Waals surface area contributed by atoms with Crippen molar-refractivity contribution in [1.82, 2.24) is 25.2 Å². The number of hydrogen-bond acceptors (Lipinski definition) is 4. The molecule has 0 radical (unpaired) electrons. The molecule has 1 fully saturated rings. The Morgan fingerprint density at radius 2 is 2.00 bits per heavy atom. The van der Waals surface area contributed by atoms with E-state index in [1.165, 1.54) is 24.1 Å². The van der Waals surface area contributed by atoms with Gasteiger partial charge in [0, 0.05) is 32.0 Å². The average molecular weight is 377 g/mol. The van der Waals surface area contributed by atoms with Crippen LogP contribution in [0.1, 0.15) is 37.2 Å². The molecule has 146 valence electrons. The number of nitrogens with one attached hydrogen (secondary N) is 2. The van der Waals surface area contributed by atoms with Gasteiger partial charge in [-0.2, -0.15) is 0 Å². The first-order chi connectivity index (χ1) is 13.7. The van der Waals surface area contributed by atoms with E-state index in [1.807, 2.05) is 28.8 Å². The van der Waals surface area contributed by atoms with Gasteiger partial charge in [0.1, 0.15) is 0 Å². The van der Waals surface area contributed by atoms with E-state index in [-0.39, 0.29) is 6.04 Å². The van der Waals surface area contributed by atoms with Crippen LogP contribution in [0.2, 0.25) is 0 Å². The van der Waals surface area contributed by atoms with E-state index in [9.17, 15) is 0 Å². The molecule has 2 N–H and O–H groups in total. The minimum atomic E-state index is 0.142. The molecule has 0 spiro atoms. The second-order valence-corrected chi connectivity index (χ2v) is 7.13. The third-order valence-electron chi connectivity index (χ3n) is 5.22. The molecule has 0 aliphatic carbocycles. The third-order valence-corrected chi connectivity index (χ3v) is 5.22. The van der Waals surface area contributed by atoms with Crippen LogP contribution in [0, 0.1) is 0 Å². The van der Waals surface area contributed by atoms with Gasteiger partial charge < -0.3 is 15.5 Å². The molecule has 0 amide bonds. The number of hydrogen-bond donors (Lipinski definition) is 2. The summed E-state index contributed by atoms with van der Waals surface area (Å²) < 4.78 is 1.98. The highest BCUT2D eigenvalue weighted by Crippen LogP contribution is 2.23. The fourth-order valence-electron chi connectivity index (χ4n) is 3.62. The summed E-state index contributed by atoms with van der Waals surface area (Å²) in [4.78, 5) is 6.82. The van der Waals surface area contributed by atoms with Crippen molar-refractivity contribution >= 4 is 17.3 Å². The second kappa shape index (κ2) is 8.29. The largest absolute Gasteiger partial charge is 0.372 e. The summed E-state index contributed by atoms with van der Waals surface area (Å²) in [5.74, 6) is 1.59. The average Bonchev–Trinajstić information content (AvgIpc) is 3.41. The quantitative estimate of drug-likeness (QED) is 0.529. The molecule has 1 saturated heterocycles. The number of rotatable bonds is 5. The summed E-state index contributed by atoms with van der Waals surface area (Å²) in [5, 5.41) is 15.3. The van der Waals surface area contributed by atoms with E-state index < -0.39 is 0 Å². The van der Waals surface area contributed by atoms with Crippen LogP contribution < -0.4 is 15.5 Å². The van der Waals surface area contributed by atoms with E-state index in [0.29, 0.717) is 6.54 Å². The van der Waals surface area contributed by atoms with Gasteiger partial charge in [-0.3, -0.25) is 9.39 Å². The molecule has 1 aromatic carbocycles. The molecular weight excluding hydrogens is 350 g/mol. The van der Waals surface area contributed by atoms with E-state index in [1.54, 1.807) is 7.05 Å². The lowest BCUT2D eigenvalue weighted by Crippen LogP contribution is -2.38. The minimum Gasteiger partial charge on any atom is -0.372 e. The molecule has 3 heterocycles. The van der Waals surface area contributed by atoms with Gasteiger partial charge in [-0.15, -0.1) is 10.2 Å². The van der Waals surface area contributed by atoms with Crippen LogP contribution in [-0.4, -0.2) is 40.7 Å². The fraction of sp³-hybridized carbons (Fsp3) is 0.381. The summed E-state index contributed by atoms with van der Waals surface area (Å²) >= 11 is 0. The Balaban J connectivity index is 1.40. The Kier molecular flexibility index (Phi) is 5.41. The van der Waals surface area contributed by atoms with Crippen molar-refractivity contribution in [3.8, 4) is 0 Å². The van der Waals surface area contributed by atoms with Gasteiger partial charge in [0.25, 0.3) is 0 Å². The molecule has 28 heavy (non-hydrogen) atoms. The zero-order valence-corrected chi connectivity index (χ0v) is 16.5. The predicted molar refractivity (Wildman–Crippen MR) is 113 cm³/mol. The Labute approximate surface area is 165 Å². The Hall–Kier alpha value is -3.09. The fourth-order valence-corrected chi connectivity index (χ4v) is 3.62. The maximum absolute atomic E-state index is 4.36. The van der Waals surface area contributed by atoms with Crippen LogP contribution in [0.25, 0.3) is 5.65 Å². The van der Waals surface area contributed by atoms with Crippen LogP contribution in [0.4, 0.5) is 5.69 Å². The lowest BCUT2D eigenvalue weighted by molar-refractivity contribution is 0.677. The SMILES string of the molecule is CN=C(NCc1nnc2ccccn12)NC(C)c1cccc(N2CCCC2)c1. The van der Waals surface area contributed by atoms with Crippen molar-refractivity contribution in [3.63, 3.8) is 0 Å². The molecule has 0 bridgehead atoms. The van der Waals surface area contributed by atoms with Crippen molar-refractivity contribution in [2.24, 2.45) is 4.99 Å². The van der Waals surface area contributed by atoms with Crippen molar-refractivity contribution in [1.29, 1.82) is 0 Å². The van der Waals surface area contributed by atoms with Gasteiger partial charge in [0.15, 0.2) is 17.4 Å². The van der Waals surface area contributed by atoms with Crippen LogP contribution >= 0.6 is 0 Å². The van der Waals surface area contributed by atoms with Crippen LogP contribution in [0.5, 0.6) is 0 Å². The van der Waals surface area contributed by atoms with Crippen LogP contribution in [-0.2, 0) is 6.54 Å². The standard InChI is InChI=1S/C21H27N7/c1-16(17-8-7-9-18(14-17)27-11-5-6-12-27)24-21(22-2)23-15-20-26-25-19-10-3-4-13-28(19)20/h3-4,7-10,13-14,16H,5-6,11-12,15H2,1-2H3,(H2,22,23,24). The predicted octanol–water partition coefficient (Wildman–Crippen LogP) is 2.76. The van der Waals surface area contributed by atoms with E-state index in [4.69, 9.17) is 0 Å². The molecule has 0 saturated carbocycles. The van der Waals surface area contributed by atoms with Crippen molar-refractivity contribution in [2.75, 3.05) is 25.0 Å². The Morgan fingerprint density at radius 3 is 2.82 bits per heavy atom. The van der Waals surface area contributed by atoms with Crippen molar-refractivity contribution in [2.45, 2.75) is 32.4 Å². The van der Waals surface area contributed by atoms with Crippen molar-refractivity contribution < 1.29 is 0 Å². The number of fused-ring (bicyclic) bond motifs is 1. The lowest BCUT2D eigenvalue weighted by atomic mass is 10.1. The number of anilines is 1. The maximum atomic E-state index is 4.36. The second-order valence-electron chi connectivity index (χ2n) is 7.13. The molecule has 2 aromatic heterocycles. The first-order valence-corrected chi connectivity index (χ1v) is 9.85. The molecule has 1 atom stereocenters. The minimum absolute atomic E-state index is 0.142. The summed E-state index contributed by atoms with van der Waals surface area (Å²) in [5.41, 5.74) is 3.40. The molecule has 7 nitrogen and oxygen atoms in total. The molecule has 7 heteroatoms. The first-order valence-electron chi connectivity index (χ1n) is 9.85. The van der Waals surface area contributed by atoms with Crippen LogP contribution in [0.3, 0.4) is 0 Å². The summed E-state index contributed by atoms with van der Waals surface area (Å²) in [7, 11) is 1.78. The highest BCUT2D eigenvalue weighted by atomic mass is 15.3. The smallest absolute Gasteiger partial charge is 0.191 e. The van der Waals surface area contributed by atoms with Gasteiger partial charge in [-0.05, 0) is 49.6 Å². The molecule has 3 aromatic rings. The Bertz CT molecular complexity index is 956.